The first-order valence-corrected chi connectivity index (χ1v) is 7.14. The molecule has 0 unspecified atom stereocenters. The van der Waals surface area contributed by atoms with E-state index in [1.54, 1.807) is 15.6 Å². The van der Waals surface area contributed by atoms with Crippen LogP contribution in [0.1, 0.15) is 16.8 Å². The molecule has 0 bridgehead atoms. The number of hydrogen-bond acceptors (Lipinski definition) is 4. The summed E-state index contributed by atoms with van der Waals surface area (Å²) in [5, 5.41) is 12.4. The van der Waals surface area contributed by atoms with Gasteiger partial charge in [-0.15, -0.1) is 0 Å². The van der Waals surface area contributed by atoms with Crippen molar-refractivity contribution >= 4 is 22.5 Å². The van der Waals surface area contributed by atoms with Crippen LogP contribution in [0.3, 0.4) is 0 Å². The lowest BCUT2D eigenvalue weighted by Crippen LogP contribution is -2.18. The second-order valence-electron chi connectivity index (χ2n) is 5.32. The fourth-order valence-corrected chi connectivity index (χ4v) is 2.64. The van der Waals surface area contributed by atoms with E-state index in [1.165, 1.54) is 0 Å². The molecule has 4 rings (SSSR count). The van der Waals surface area contributed by atoms with Crippen LogP contribution in [0, 0.1) is 0 Å². The third-order valence-electron chi connectivity index (χ3n) is 3.67. The molecular weight excluding hydrogens is 282 g/mol. The lowest BCUT2D eigenvalue weighted by atomic mass is 10.2. The Morgan fingerprint density at radius 2 is 2.32 bits per heavy atom. The highest BCUT2D eigenvalue weighted by atomic mass is 16.5. The summed E-state index contributed by atoms with van der Waals surface area (Å²) in [6, 6.07) is 5.64. The van der Waals surface area contributed by atoms with Crippen LogP contribution >= 0.6 is 0 Å². The fraction of sp³-hybridized carbons (Fsp3) is 0.267. The zero-order valence-electron chi connectivity index (χ0n) is 12.1. The number of rotatable bonds is 2. The average Bonchev–Trinajstić information content (AvgIpc) is 3.09. The summed E-state index contributed by atoms with van der Waals surface area (Å²) in [6.45, 7) is 1.40. The Labute approximate surface area is 126 Å². The predicted octanol–water partition coefficient (Wildman–Crippen LogP) is 1.80. The largest absolute Gasteiger partial charge is 0.477 e. The second-order valence-corrected chi connectivity index (χ2v) is 5.32. The molecule has 1 aliphatic rings. The number of benzene rings is 1. The molecule has 0 atom stereocenters. The van der Waals surface area contributed by atoms with Crippen molar-refractivity contribution in [3.05, 3.63) is 36.2 Å². The van der Waals surface area contributed by atoms with Crippen LogP contribution in [-0.2, 0) is 13.6 Å². The second kappa shape index (κ2) is 4.87. The van der Waals surface area contributed by atoms with Crippen molar-refractivity contribution in [1.29, 1.82) is 0 Å². The van der Waals surface area contributed by atoms with Crippen molar-refractivity contribution in [3.63, 3.8) is 0 Å². The molecule has 7 nitrogen and oxygen atoms in total. The Morgan fingerprint density at radius 1 is 1.41 bits per heavy atom. The first kappa shape index (κ1) is 12.9. The van der Waals surface area contributed by atoms with E-state index in [0.29, 0.717) is 23.7 Å². The third kappa shape index (κ3) is 2.11. The Hall–Kier alpha value is -2.83. The number of carbonyl (C=O) groups excluding carboxylic acids is 1. The Kier molecular flexibility index (Phi) is 2.85. The van der Waals surface area contributed by atoms with Crippen molar-refractivity contribution < 1.29 is 9.53 Å². The fourth-order valence-electron chi connectivity index (χ4n) is 2.64. The molecule has 0 aliphatic carbocycles. The molecule has 1 N–H and O–H groups in total. The van der Waals surface area contributed by atoms with Gasteiger partial charge in [0.25, 0.3) is 5.91 Å². The van der Waals surface area contributed by atoms with Crippen LogP contribution in [-0.4, -0.2) is 32.1 Å². The van der Waals surface area contributed by atoms with Gasteiger partial charge in [0.15, 0.2) is 0 Å². The van der Waals surface area contributed by atoms with Gasteiger partial charge in [-0.05, 0) is 18.2 Å². The number of nitrogens with one attached hydrogen (secondary N) is 1. The van der Waals surface area contributed by atoms with Crippen molar-refractivity contribution in [3.8, 4) is 5.88 Å². The van der Waals surface area contributed by atoms with Crippen molar-refractivity contribution in [2.75, 3.05) is 11.9 Å². The van der Waals surface area contributed by atoms with Gasteiger partial charge in [-0.2, -0.15) is 10.2 Å². The van der Waals surface area contributed by atoms with E-state index < -0.39 is 0 Å². The van der Waals surface area contributed by atoms with E-state index in [1.807, 2.05) is 31.4 Å². The van der Waals surface area contributed by atoms with Crippen molar-refractivity contribution in [2.24, 2.45) is 7.05 Å². The van der Waals surface area contributed by atoms with Gasteiger partial charge in [-0.1, -0.05) is 0 Å². The van der Waals surface area contributed by atoms with Crippen molar-refractivity contribution in [1.82, 2.24) is 19.6 Å². The first-order chi connectivity index (χ1) is 10.7. The average molecular weight is 297 g/mol. The highest BCUT2D eigenvalue weighted by molar-refractivity contribution is 6.06. The number of anilines is 1. The molecule has 7 heteroatoms. The van der Waals surface area contributed by atoms with Gasteiger partial charge in [-0.25, -0.2) is 4.68 Å². The Bertz CT molecular complexity index is 864. The smallest absolute Gasteiger partial charge is 0.262 e. The van der Waals surface area contributed by atoms with Gasteiger partial charge in [0.1, 0.15) is 5.56 Å². The molecule has 3 heterocycles. The zero-order valence-corrected chi connectivity index (χ0v) is 12.1. The van der Waals surface area contributed by atoms with Crippen LogP contribution in [0.2, 0.25) is 0 Å². The quantitative estimate of drug-likeness (QED) is 0.783. The standard InChI is InChI=1S/C15H15N5O2/c1-19-9-10-3-4-11(7-13(10)18-19)17-14(21)12-8-16-20-5-2-6-22-15(12)20/h3-4,7-9H,2,5-6H2,1H3,(H,17,21). The summed E-state index contributed by atoms with van der Waals surface area (Å²) in [7, 11) is 1.87. The Balaban J connectivity index is 1.61. The summed E-state index contributed by atoms with van der Waals surface area (Å²) in [5.41, 5.74) is 2.00. The predicted molar refractivity (Wildman–Crippen MR) is 81.0 cm³/mol. The SMILES string of the molecule is Cn1cc2ccc(NC(=O)c3cnn4c3OCCC4)cc2n1. The molecule has 3 aromatic rings. The lowest BCUT2D eigenvalue weighted by Gasteiger charge is -2.15. The highest BCUT2D eigenvalue weighted by Gasteiger charge is 2.21. The highest BCUT2D eigenvalue weighted by Crippen LogP contribution is 2.24. The molecule has 1 amide bonds. The maximum atomic E-state index is 12.4. The molecule has 0 spiro atoms. The van der Waals surface area contributed by atoms with Crippen LogP contribution in [0.4, 0.5) is 5.69 Å². The molecule has 0 saturated heterocycles. The molecule has 0 radical (unpaired) electrons. The molecular formula is C15H15N5O2. The van der Waals surface area contributed by atoms with Gasteiger partial charge >= 0.3 is 0 Å². The van der Waals surface area contributed by atoms with Gasteiger partial charge < -0.3 is 10.1 Å². The van der Waals surface area contributed by atoms with Gasteiger partial charge in [-0.3, -0.25) is 9.48 Å². The minimum atomic E-state index is -0.224. The number of fused-ring (bicyclic) bond motifs is 2. The molecule has 2 aromatic heterocycles. The molecule has 0 fully saturated rings. The van der Waals surface area contributed by atoms with Gasteiger partial charge in [0.05, 0.1) is 18.3 Å². The van der Waals surface area contributed by atoms with Gasteiger partial charge in [0.2, 0.25) is 5.88 Å². The summed E-state index contributed by atoms with van der Waals surface area (Å²) >= 11 is 0. The number of aromatic nitrogens is 4. The molecule has 1 aliphatic heterocycles. The topological polar surface area (TPSA) is 74.0 Å². The van der Waals surface area contributed by atoms with Crippen LogP contribution in [0.15, 0.2) is 30.6 Å². The molecule has 0 saturated carbocycles. The third-order valence-corrected chi connectivity index (χ3v) is 3.67. The summed E-state index contributed by atoms with van der Waals surface area (Å²) in [6.07, 6.45) is 4.39. The van der Waals surface area contributed by atoms with E-state index >= 15 is 0 Å². The number of ether oxygens (including phenoxy) is 1. The van der Waals surface area contributed by atoms with Gasteiger partial charge in [0, 0.05) is 37.3 Å². The number of nitrogens with zero attached hydrogens (tertiary/aromatic N) is 4. The molecule has 1 aromatic carbocycles. The van der Waals surface area contributed by atoms with E-state index in [9.17, 15) is 4.79 Å². The summed E-state index contributed by atoms with van der Waals surface area (Å²) in [5.74, 6) is 0.320. The Morgan fingerprint density at radius 3 is 3.23 bits per heavy atom. The van der Waals surface area contributed by atoms with E-state index in [2.05, 4.69) is 15.5 Å². The summed E-state index contributed by atoms with van der Waals surface area (Å²) in [4.78, 5) is 12.4. The molecule has 112 valence electrons. The van der Waals surface area contributed by atoms with Crippen LogP contribution < -0.4 is 10.1 Å². The van der Waals surface area contributed by atoms with Crippen LogP contribution in [0.25, 0.3) is 10.9 Å². The van der Waals surface area contributed by atoms with Crippen LogP contribution in [0.5, 0.6) is 5.88 Å². The monoisotopic (exact) mass is 297 g/mol. The zero-order chi connectivity index (χ0) is 15.1. The maximum Gasteiger partial charge on any atom is 0.262 e. The number of carbonyl (C=O) groups is 1. The normalized spacial score (nSPS) is 13.7. The molecule has 22 heavy (non-hydrogen) atoms. The van der Waals surface area contributed by atoms with Crippen molar-refractivity contribution in [2.45, 2.75) is 13.0 Å². The van der Waals surface area contributed by atoms with E-state index in [4.69, 9.17) is 4.74 Å². The number of hydrogen-bond donors (Lipinski definition) is 1. The minimum Gasteiger partial charge on any atom is -0.477 e. The first-order valence-electron chi connectivity index (χ1n) is 7.14. The number of amides is 1. The minimum absolute atomic E-state index is 0.224. The lowest BCUT2D eigenvalue weighted by molar-refractivity contribution is 0.102. The number of aryl methyl sites for hydroxylation is 2. The van der Waals surface area contributed by atoms with E-state index in [-0.39, 0.29) is 5.91 Å². The van der Waals surface area contributed by atoms with E-state index in [0.717, 1.165) is 23.9 Å². The maximum absolute atomic E-state index is 12.4. The summed E-state index contributed by atoms with van der Waals surface area (Å²) < 4.78 is 9.02.